The fraction of sp³-hybridized carbons (Fsp3) is 0.333. The predicted molar refractivity (Wildman–Crippen MR) is 90.9 cm³/mol. The molecule has 0 saturated carbocycles. The number of hydrogen-bond donors (Lipinski definition) is 1. The highest BCUT2D eigenvalue weighted by Crippen LogP contribution is 2.38. The first-order valence-corrected chi connectivity index (χ1v) is 9.38. The van der Waals surface area contributed by atoms with E-state index in [-0.39, 0.29) is 30.2 Å². The van der Waals surface area contributed by atoms with Crippen LogP contribution in [0.5, 0.6) is 0 Å². The Labute approximate surface area is 146 Å². The topological polar surface area (TPSA) is 66.8 Å². The highest BCUT2D eigenvalue weighted by Gasteiger charge is 2.46. The van der Waals surface area contributed by atoms with Gasteiger partial charge in [0.25, 0.3) is 0 Å². The lowest BCUT2D eigenvalue weighted by Gasteiger charge is -2.44. The zero-order chi connectivity index (χ0) is 18.1. The number of rotatable bonds is 4. The van der Waals surface area contributed by atoms with Gasteiger partial charge in [-0.15, -0.1) is 0 Å². The summed E-state index contributed by atoms with van der Waals surface area (Å²) in [5.41, 5.74) is -0.434. The molecule has 1 N–H and O–H groups in total. The number of ether oxygens (including phenoxy) is 1. The minimum Gasteiger partial charge on any atom is -0.388 e. The van der Waals surface area contributed by atoms with Crippen molar-refractivity contribution in [3.05, 3.63) is 66.0 Å². The predicted octanol–water partition coefficient (Wildman–Crippen LogP) is 2.12. The van der Waals surface area contributed by atoms with Gasteiger partial charge in [-0.05, 0) is 36.2 Å². The Kier molecular flexibility index (Phi) is 4.92. The number of aliphatic hydroxyl groups excluding tert-OH is 1. The van der Waals surface area contributed by atoms with Gasteiger partial charge >= 0.3 is 0 Å². The van der Waals surface area contributed by atoms with E-state index < -0.39 is 21.7 Å². The molecule has 1 fully saturated rings. The summed E-state index contributed by atoms with van der Waals surface area (Å²) in [6.45, 7) is 0.0992. The summed E-state index contributed by atoms with van der Waals surface area (Å²) in [5, 5.41) is 10.7. The van der Waals surface area contributed by atoms with Crippen LogP contribution in [0.3, 0.4) is 0 Å². The van der Waals surface area contributed by atoms with Crippen molar-refractivity contribution in [3.63, 3.8) is 0 Å². The van der Waals surface area contributed by atoms with Crippen LogP contribution in [0.25, 0.3) is 0 Å². The standard InChI is InChI=1S/C18H20FNO4S/c1-24-18(14-7-9-15(19)10-8-14)11-12-20(13-17(18)21)25(22,23)16-5-3-2-4-6-16/h2-10,17,21H,11-13H2,1H3/t17-,18+/m0/s1. The normalized spacial score (nSPS) is 25.0. The second-order valence-electron chi connectivity index (χ2n) is 6.04. The first kappa shape index (κ1) is 18.0. The van der Waals surface area contributed by atoms with Crippen molar-refractivity contribution in [1.29, 1.82) is 0 Å². The number of hydrogen-bond acceptors (Lipinski definition) is 4. The highest BCUT2D eigenvalue weighted by atomic mass is 32.2. The summed E-state index contributed by atoms with van der Waals surface area (Å²) in [6, 6.07) is 13.8. The Bertz CT molecular complexity index is 826. The molecule has 0 bridgehead atoms. The maximum Gasteiger partial charge on any atom is 0.243 e. The minimum absolute atomic E-state index is 0.0948. The number of halogens is 1. The first-order chi connectivity index (χ1) is 11.9. The Hall–Kier alpha value is -1.80. The van der Waals surface area contributed by atoms with Crippen molar-refractivity contribution < 1.29 is 22.7 Å². The molecule has 0 aromatic heterocycles. The van der Waals surface area contributed by atoms with Crippen LogP contribution in [0.2, 0.25) is 0 Å². The van der Waals surface area contributed by atoms with Crippen LogP contribution < -0.4 is 0 Å². The third kappa shape index (κ3) is 3.20. The van der Waals surface area contributed by atoms with Gasteiger partial charge in [0, 0.05) is 20.2 Å². The molecule has 0 radical (unpaired) electrons. The summed E-state index contributed by atoms with van der Waals surface area (Å²) >= 11 is 0. The van der Waals surface area contributed by atoms with Crippen molar-refractivity contribution in [2.45, 2.75) is 23.0 Å². The van der Waals surface area contributed by atoms with Crippen LogP contribution in [-0.2, 0) is 20.4 Å². The summed E-state index contributed by atoms with van der Waals surface area (Å²) in [7, 11) is -2.22. The SMILES string of the molecule is CO[C@@]1(c2ccc(F)cc2)CCN(S(=O)(=O)c2ccccc2)C[C@@H]1O. The van der Waals surface area contributed by atoms with E-state index in [1.807, 2.05) is 0 Å². The fourth-order valence-electron chi connectivity index (χ4n) is 3.27. The maximum absolute atomic E-state index is 13.2. The first-order valence-electron chi connectivity index (χ1n) is 7.94. The molecule has 0 amide bonds. The molecule has 3 rings (SSSR count). The Morgan fingerprint density at radius 3 is 2.36 bits per heavy atom. The summed E-state index contributed by atoms with van der Waals surface area (Å²) in [4.78, 5) is 0.189. The molecular formula is C18H20FNO4S. The zero-order valence-corrected chi connectivity index (χ0v) is 14.6. The molecule has 0 unspecified atom stereocenters. The Balaban J connectivity index is 1.88. The lowest BCUT2D eigenvalue weighted by molar-refractivity contribution is -0.136. The van der Waals surface area contributed by atoms with Crippen molar-refractivity contribution >= 4 is 10.0 Å². The third-order valence-corrected chi connectivity index (χ3v) is 6.60. The van der Waals surface area contributed by atoms with Gasteiger partial charge in [-0.3, -0.25) is 0 Å². The zero-order valence-electron chi connectivity index (χ0n) is 13.8. The highest BCUT2D eigenvalue weighted by molar-refractivity contribution is 7.89. The van der Waals surface area contributed by atoms with Gasteiger partial charge in [0.15, 0.2) is 0 Å². The molecule has 2 aromatic carbocycles. The Morgan fingerprint density at radius 1 is 1.16 bits per heavy atom. The number of sulfonamides is 1. The van der Waals surface area contributed by atoms with E-state index in [1.165, 1.54) is 35.7 Å². The number of benzene rings is 2. The number of aliphatic hydroxyl groups is 1. The van der Waals surface area contributed by atoms with Crippen molar-refractivity contribution in [1.82, 2.24) is 4.31 Å². The van der Waals surface area contributed by atoms with Crippen molar-refractivity contribution in [3.8, 4) is 0 Å². The van der Waals surface area contributed by atoms with Crippen LogP contribution in [0.4, 0.5) is 4.39 Å². The molecule has 1 aliphatic heterocycles. The monoisotopic (exact) mass is 365 g/mol. The number of methoxy groups -OCH3 is 1. The molecule has 1 heterocycles. The van der Waals surface area contributed by atoms with E-state index in [9.17, 15) is 17.9 Å². The second kappa shape index (κ2) is 6.84. The molecule has 2 aromatic rings. The average Bonchev–Trinajstić information content (AvgIpc) is 2.63. The molecule has 5 nitrogen and oxygen atoms in total. The lowest BCUT2D eigenvalue weighted by atomic mass is 9.82. The second-order valence-corrected chi connectivity index (χ2v) is 7.98. The van der Waals surface area contributed by atoms with Crippen LogP contribution >= 0.6 is 0 Å². The number of nitrogens with zero attached hydrogens (tertiary/aromatic N) is 1. The Morgan fingerprint density at radius 2 is 1.80 bits per heavy atom. The summed E-state index contributed by atoms with van der Waals surface area (Å²) in [6.07, 6.45) is -0.808. The van der Waals surface area contributed by atoms with Crippen LogP contribution in [0, 0.1) is 5.82 Å². The van der Waals surface area contributed by atoms with E-state index in [0.717, 1.165) is 0 Å². The molecule has 7 heteroatoms. The quantitative estimate of drug-likeness (QED) is 0.901. The van der Waals surface area contributed by atoms with E-state index in [0.29, 0.717) is 5.56 Å². The maximum atomic E-state index is 13.2. The molecule has 0 aliphatic carbocycles. The van der Waals surface area contributed by atoms with E-state index >= 15 is 0 Å². The summed E-state index contributed by atoms with van der Waals surface area (Å²) < 4.78 is 45.5. The number of β-amino-alcohol motifs (C(OH)–C–C–N with tert-alkyl or cyclic N) is 1. The van der Waals surface area contributed by atoms with E-state index in [1.54, 1.807) is 30.3 Å². The van der Waals surface area contributed by atoms with Gasteiger partial charge in [0.05, 0.1) is 4.90 Å². The van der Waals surface area contributed by atoms with Gasteiger partial charge in [-0.2, -0.15) is 4.31 Å². The average molecular weight is 365 g/mol. The molecular weight excluding hydrogens is 345 g/mol. The fourth-order valence-corrected chi connectivity index (χ4v) is 4.74. The minimum atomic E-state index is -3.68. The van der Waals surface area contributed by atoms with Gasteiger partial charge in [-0.25, -0.2) is 12.8 Å². The summed E-state index contributed by atoms with van der Waals surface area (Å²) in [5.74, 6) is -0.381. The van der Waals surface area contributed by atoms with Crippen LogP contribution in [0.1, 0.15) is 12.0 Å². The molecule has 2 atom stereocenters. The van der Waals surface area contributed by atoms with Gasteiger partial charge < -0.3 is 9.84 Å². The third-order valence-electron chi connectivity index (χ3n) is 4.73. The van der Waals surface area contributed by atoms with Gasteiger partial charge in [0.2, 0.25) is 10.0 Å². The van der Waals surface area contributed by atoms with E-state index in [2.05, 4.69) is 0 Å². The van der Waals surface area contributed by atoms with Gasteiger partial charge in [0.1, 0.15) is 17.5 Å². The molecule has 1 aliphatic rings. The van der Waals surface area contributed by atoms with Gasteiger partial charge in [-0.1, -0.05) is 30.3 Å². The van der Waals surface area contributed by atoms with Crippen LogP contribution in [0.15, 0.2) is 59.5 Å². The molecule has 0 spiro atoms. The lowest BCUT2D eigenvalue weighted by Crippen LogP contribution is -2.55. The largest absolute Gasteiger partial charge is 0.388 e. The van der Waals surface area contributed by atoms with E-state index in [4.69, 9.17) is 4.74 Å². The smallest absolute Gasteiger partial charge is 0.243 e. The molecule has 25 heavy (non-hydrogen) atoms. The number of piperidine rings is 1. The van der Waals surface area contributed by atoms with Crippen molar-refractivity contribution in [2.24, 2.45) is 0 Å². The molecule has 1 saturated heterocycles. The van der Waals surface area contributed by atoms with Crippen molar-refractivity contribution in [2.75, 3.05) is 20.2 Å². The van der Waals surface area contributed by atoms with Crippen LogP contribution in [-0.4, -0.2) is 44.1 Å². The molecule has 134 valence electrons.